The molecule has 0 radical (unpaired) electrons. The van der Waals surface area contributed by atoms with Crippen molar-refractivity contribution in [3.8, 4) is 0 Å². The lowest BCUT2D eigenvalue weighted by molar-refractivity contribution is 0.492. The van der Waals surface area contributed by atoms with E-state index in [0.717, 1.165) is 25.2 Å². The third-order valence-corrected chi connectivity index (χ3v) is 5.06. The summed E-state index contributed by atoms with van der Waals surface area (Å²) in [6.07, 6.45) is 6.62. The van der Waals surface area contributed by atoms with Crippen LogP contribution in [0.25, 0.3) is 0 Å². The van der Waals surface area contributed by atoms with Gasteiger partial charge in [-0.3, -0.25) is 4.99 Å². The summed E-state index contributed by atoms with van der Waals surface area (Å²) < 4.78 is 22.8. The van der Waals surface area contributed by atoms with E-state index in [4.69, 9.17) is 5.73 Å². The van der Waals surface area contributed by atoms with Crippen LogP contribution in [0.4, 0.5) is 0 Å². The molecule has 0 amide bonds. The van der Waals surface area contributed by atoms with E-state index in [1.165, 1.54) is 19.1 Å². The summed E-state index contributed by atoms with van der Waals surface area (Å²) in [5.41, 5.74) is 5.74. The van der Waals surface area contributed by atoms with Gasteiger partial charge in [-0.15, -0.1) is 0 Å². The normalized spacial score (nSPS) is 19.6. The first-order chi connectivity index (χ1) is 9.62. The van der Waals surface area contributed by atoms with Crippen LogP contribution in [0.2, 0.25) is 0 Å². The zero-order chi connectivity index (χ0) is 16.1. The van der Waals surface area contributed by atoms with Crippen LogP contribution in [0.3, 0.4) is 0 Å². The molecule has 0 heterocycles. The van der Waals surface area contributed by atoms with Crippen LogP contribution in [-0.2, 0) is 9.84 Å². The average molecular weight is 317 g/mol. The molecule has 1 unspecified atom stereocenters. The smallest absolute Gasteiger partial charge is 0.188 e. The summed E-state index contributed by atoms with van der Waals surface area (Å²) in [7, 11) is -2.94. The van der Waals surface area contributed by atoms with Crippen molar-refractivity contribution in [2.45, 2.75) is 58.9 Å². The van der Waals surface area contributed by atoms with Gasteiger partial charge in [0.2, 0.25) is 0 Å². The third-order valence-electron chi connectivity index (χ3n) is 3.92. The Morgan fingerprint density at radius 3 is 2.38 bits per heavy atom. The van der Waals surface area contributed by atoms with E-state index < -0.39 is 9.84 Å². The second-order valence-electron chi connectivity index (χ2n) is 7.14. The van der Waals surface area contributed by atoms with Gasteiger partial charge in [0, 0.05) is 24.3 Å². The van der Waals surface area contributed by atoms with Crippen molar-refractivity contribution >= 4 is 15.8 Å². The topological polar surface area (TPSA) is 84.5 Å². The first-order valence-corrected chi connectivity index (χ1v) is 9.92. The maximum absolute atomic E-state index is 11.4. The van der Waals surface area contributed by atoms with Crippen molar-refractivity contribution in [1.82, 2.24) is 5.32 Å². The second-order valence-corrected chi connectivity index (χ2v) is 9.28. The number of sulfone groups is 1. The largest absolute Gasteiger partial charge is 0.370 e. The van der Waals surface area contributed by atoms with Crippen molar-refractivity contribution < 1.29 is 8.42 Å². The van der Waals surface area contributed by atoms with E-state index in [1.807, 2.05) is 0 Å². The maximum atomic E-state index is 11.4. The number of nitrogens with zero attached hydrogens (tertiary/aromatic N) is 1. The van der Waals surface area contributed by atoms with Crippen molar-refractivity contribution in [2.75, 3.05) is 18.6 Å². The van der Waals surface area contributed by atoms with E-state index >= 15 is 0 Å². The highest BCUT2D eigenvalue weighted by molar-refractivity contribution is 7.90. The quantitative estimate of drug-likeness (QED) is 0.503. The highest BCUT2D eigenvalue weighted by atomic mass is 32.2. The Morgan fingerprint density at radius 2 is 1.90 bits per heavy atom. The molecule has 0 aromatic heterocycles. The van der Waals surface area contributed by atoms with Crippen LogP contribution in [0.5, 0.6) is 0 Å². The van der Waals surface area contributed by atoms with E-state index in [2.05, 4.69) is 31.1 Å². The Hall–Kier alpha value is -0.780. The fourth-order valence-corrected chi connectivity index (χ4v) is 4.03. The molecule has 1 fully saturated rings. The number of aliphatic imine (C=N–C) groups is 1. The molecule has 1 saturated carbocycles. The Balaban J connectivity index is 2.33. The van der Waals surface area contributed by atoms with Crippen LogP contribution >= 0.6 is 0 Å². The zero-order valence-electron chi connectivity index (χ0n) is 13.9. The van der Waals surface area contributed by atoms with E-state index in [9.17, 15) is 8.42 Å². The molecule has 1 aliphatic rings. The SMILES string of the molecule is CC(C)CCCC(C)NC(N)=NCC1(CS(C)(=O)=O)CC1. The molecule has 0 bridgehead atoms. The summed E-state index contributed by atoms with van der Waals surface area (Å²) >= 11 is 0. The minimum Gasteiger partial charge on any atom is -0.370 e. The van der Waals surface area contributed by atoms with E-state index in [0.29, 0.717) is 18.5 Å². The monoisotopic (exact) mass is 317 g/mol. The number of nitrogens with two attached hydrogens (primary N) is 1. The lowest BCUT2D eigenvalue weighted by Crippen LogP contribution is -2.39. The summed E-state index contributed by atoms with van der Waals surface area (Å²) in [5, 5.41) is 3.20. The van der Waals surface area contributed by atoms with Crippen molar-refractivity contribution in [3.63, 3.8) is 0 Å². The second kappa shape index (κ2) is 7.47. The first kappa shape index (κ1) is 18.3. The van der Waals surface area contributed by atoms with Gasteiger partial charge in [-0.05, 0) is 32.1 Å². The minimum absolute atomic E-state index is 0.152. The highest BCUT2D eigenvalue weighted by Crippen LogP contribution is 2.46. The zero-order valence-corrected chi connectivity index (χ0v) is 14.7. The first-order valence-electron chi connectivity index (χ1n) is 7.86. The van der Waals surface area contributed by atoms with Gasteiger partial charge in [0.25, 0.3) is 0 Å². The number of nitrogens with one attached hydrogen (secondary N) is 1. The van der Waals surface area contributed by atoms with Gasteiger partial charge >= 0.3 is 0 Å². The lowest BCUT2D eigenvalue weighted by Gasteiger charge is -2.16. The molecule has 0 saturated heterocycles. The summed E-state index contributed by atoms with van der Waals surface area (Å²) in [5.74, 6) is 1.39. The molecule has 1 aliphatic carbocycles. The van der Waals surface area contributed by atoms with Crippen molar-refractivity contribution in [1.29, 1.82) is 0 Å². The predicted molar refractivity (Wildman–Crippen MR) is 89.2 cm³/mol. The Labute approximate surface area is 129 Å². The maximum Gasteiger partial charge on any atom is 0.188 e. The number of hydrogen-bond donors (Lipinski definition) is 2. The molecule has 6 heteroatoms. The van der Waals surface area contributed by atoms with Gasteiger partial charge in [-0.1, -0.05) is 26.7 Å². The van der Waals surface area contributed by atoms with E-state index in [-0.39, 0.29) is 11.2 Å². The molecule has 1 rings (SSSR count). The van der Waals surface area contributed by atoms with Gasteiger partial charge in [0.05, 0.1) is 5.75 Å². The Kier molecular flexibility index (Phi) is 6.50. The fraction of sp³-hybridized carbons (Fsp3) is 0.933. The van der Waals surface area contributed by atoms with Crippen LogP contribution in [-0.4, -0.2) is 39.0 Å². The Morgan fingerprint density at radius 1 is 1.29 bits per heavy atom. The molecule has 0 aromatic rings. The van der Waals surface area contributed by atoms with Gasteiger partial charge in [-0.2, -0.15) is 0 Å². The molecule has 21 heavy (non-hydrogen) atoms. The molecule has 0 spiro atoms. The molecule has 1 atom stereocenters. The molecule has 3 N–H and O–H groups in total. The molecule has 5 nitrogen and oxygen atoms in total. The molecular formula is C15H31N3O2S. The molecule has 0 aromatic carbocycles. The molecule has 124 valence electrons. The molecule has 0 aliphatic heterocycles. The fourth-order valence-electron chi connectivity index (χ4n) is 2.54. The number of guanidine groups is 1. The van der Waals surface area contributed by atoms with Crippen molar-refractivity contribution in [3.05, 3.63) is 0 Å². The van der Waals surface area contributed by atoms with E-state index in [1.54, 1.807) is 0 Å². The van der Waals surface area contributed by atoms with Crippen LogP contribution in [0.15, 0.2) is 4.99 Å². The standard InChI is InChI=1S/C15H31N3O2S/c1-12(2)6-5-7-13(3)18-14(16)17-10-15(8-9-15)11-21(4,19)20/h12-13H,5-11H2,1-4H3,(H3,16,17,18). The van der Waals surface area contributed by atoms with Crippen LogP contribution in [0.1, 0.15) is 52.9 Å². The average Bonchev–Trinajstić information content (AvgIpc) is 3.04. The minimum atomic E-state index is -2.94. The third kappa shape index (κ3) is 8.29. The number of hydrogen-bond acceptors (Lipinski definition) is 3. The van der Waals surface area contributed by atoms with Crippen LogP contribution < -0.4 is 11.1 Å². The van der Waals surface area contributed by atoms with Crippen LogP contribution in [0, 0.1) is 11.3 Å². The van der Waals surface area contributed by atoms with Gasteiger partial charge < -0.3 is 11.1 Å². The highest BCUT2D eigenvalue weighted by Gasteiger charge is 2.45. The van der Waals surface area contributed by atoms with Crippen molar-refractivity contribution in [2.24, 2.45) is 22.1 Å². The predicted octanol–water partition coefficient (Wildman–Crippen LogP) is 1.93. The number of rotatable bonds is 9. The summed E-state index contributed by atoms with van der Waals surface area (Å²) in [6, 6.07) is 0.303. The van der Waals surface area contributed by atoms with Gasteiger partial charge in [0.15, 0.2) is 5.96 Å². The summed E-state index contributed by atoms with van der Waals surface area (Å²) in [6.45, 7) is 7.07. The lowest BCUT2D eigenvalue weighted by atomic mass is 10.0. The summed E-state index contributed by atoms with van der Waals surface area (Å²) in [4.78, 5) is 4.34. The molecular weight excluding hydrogens is 286 g/mol. The van der Waals surface area contributed by atoms with Gasteiger partial charge in [0.1, 0.15) is 9.84 Å². The van der Waals surface area contributed by atoms with Gasteiger partial charge in [-0.25, -0.2) is 8.42 Å². The Bertz CT molecular complexity index is 454.